The lowest BCUT2D eigenvalue weighted by Gasteiger charge is -2.13. The molecule has 2 N–H and O–H groups in total. The van der Waals surface area contributed by atoms with Gasteiger partial charge in [-0.15, -0.1) is 5.10 Å². The molecule has 1 heterocycles. The van der Waals surface area contributed by atoms with E-state index < -0.39 is 47.5 Å². The Hall–Kier alpha value is -3.78. The van der Waals surface area contributed by atoms with Crippen molar-refractivity contribution in [2.75, 3.05) is 25.1 Å². The fourth-order valence-corrected chi connectivity index (χ4v) is 3.25. The van der Waals surface area contributed by atoms with E-state index in [4.69, 9.17) is 16.3 Å². The van der Waals surface area contributed by atoms with Crippen molar-refractivity contribution in [1.82, 2.24) is 15.1 Å². The number of hydrogen-bond acceptors (Lipinski definition) is 6. The van der Waals surface area contributed by atoms with E-state index in [-0.39, 0.29) is 34.9 Å². The monoisotopic (exact) mass is 547 g/mol. The van der Waals surface area contributed by atoms with Gasteiger partial charge in [-0.05, 0) is 43.3 Å². The number of benzene rings is 2. The van der Waals surface area contributed by atoms with Crippen LogP contribution in [-0.4, -0.2) is 53.6 Å². The van der Waals surface area contributed by atoms with Crippen LogP contribution in [0.15, 0.2) is 41.4 Å². The number of aromatic nitrogens is 2. The molecule has 1 aromatic heterocycles. The van der Waals surface area contributed by atoms with Crippen LogP contribution in [0.1, 0.15) is 22.8 Å². The third-order valence-corrected chi connectivity index (χ3v) is 4.88. The molecule has 15 heteroatoms. The van der Waals surface area contributed by atoms with Gasteiger partial charge in [0, 0.05) is 18.1 Å². The Kier molecular flexibility index (Phi) is 8.65. The average molecular weight is 548 g/mol. The number of alkyl halides is 4. The van der Waals surface area contributed by atoms with Crippen molar-refractivity contribution in [3.63, 3.8) is 0 Å². The molecular formula is C22H19ClF5N5O4. The third-order valence-electron chi connectivity index (χ3n) is 4.77. The van der Waals surface area contributed by atoms with E-state index in [1.54, 1.807) is 6.92 Å². The molecular weight excluding hydrogens is 529 g/mol. The van der Waals surface area contributed by atoms with Crippen molar-refractivity contribution in [3.05, 3.63) is 59.2 Å². The lowest BCUT2D eigenvalue weighted by atomic mass is 10.1. The van der Waals surface area contributed by atoms with Gasteiger partial charge in [0.2, 0.25) is 5.96 Å². The second-order valence-electron chi connectivity index (χ2n) is 7.50. The minimum Gasteiger partial charge on any atom is -0.432 e. The fourth-order valence-electron chi connectivity index (χ4n) is 3.15. The number of halogens is 6. The van der Waals surface area contributed by atoms with E-state index >= 15 is 0 Å². The van der Waals surface area contributed by atoms with Gasteiger partial charge in [-0.2, -0.15) is 17.9 Å². The van der Waals surface area contributed by atoms with Gasteiger partial charge in [-0.1, -0.05) is 11.6 Å². The van der Waals surface area contributed by atoms with Crippen molar-refractivity contribution >= 4 is 46.3 Å². The summed E-state index contributed by atoms with van der Waals surface area (Å²) in [5, 5.41) is 9.02. The molecule has 0 radical (unpaired) electrons. The molecule has 1 amide bonds. The minimum atomic E-state index is -4.71. The number of hydrogen-bond donors (Lipinski definition) is 2. The van der Waals surface area contributed by atoms with Crippen LogP contribution in [0.5, 0.6) is 0 Å². The van der Waals surface area contributed by atoms with E-state index in [0.717, 1.165) is 24.3 Å². The number of nitrogens with zero attached hydrogens (tertiary/aromatic N) is 3. The van der Waals surface area contributed by atoms with Gasteiger partial charge in [0.25, 0.3) is 5.91 Å². The number of carbonyl (C=O) groups is 2. The van der Waals surface area contributed by atoms with E-state index in [9.17, 15) is 31.5 Å². The molecule has 3 rings (SSSR count). The number of aliphatic imine (C=N–C) groups is 1. The minimum absolute atomic E-state index is 0.0358. The smallest absolute Gasteiger partial charge is 0.432 e. The highest BCUT2D eigenvalue weighted by Crippen LogP contribution is 2.33. The van der Waals surface area contributed by atoms with Crippen molar-refractivity contribution in [2.45, 2.75) is 19.1 Å². The predicted molar refractivity (Wildman–Crippen MR) is 124 cm³/mol. The largest absolute Gasteiger partial charge is 0.436 e. The number of amides is 1. The molecule has 9 nitrogen and oxygen atoms in total. The first kappa shape index (κ1) is 27.8. The molecule has 2 aromatic carbocycles. The lowest BCUT2D eigenvalue weighted by Crippen LogP contribution is -2.37. The highest BCUT2D eigenvalue weighted by atomic mass is 35.5. The zero-order chi connectivity index (χ0) is 27.3. The molecule has 1 unspecified atom stereocenters. The molecule has 0 bridgehead atoms. The zero-order valence-corrected chi connectivity index (χ0v) is 20.0. The first-order valence-corrected chi connectivity index (χ1v) is 10.9. The van der Waals surface area contributed by atoms with Crippen molar-refractivity contribution in [1.29, 1.82) is 0 Å². The summed E-state index contributed by atoms with van der Waals surface area (Å²) < 4.78 is 76.9. The first-order chi connectivity index (χ1) is 17.4. The van der Waals surface area contributed by atoms with Crippen LogP contribution in [0.3, 0.4) is 0 Å². The first-order valence-electron chi connectivity index (χ1n) is 10.4. The van der Waals surface area contributed by atoms with Crippen LogP contribution in [0.4, 0.5) is 32.6 Å². The number of methoxy groups -OCH3 is 1. The SMILES string of the molecule is COCC(C)N=C(NC(=O)c1ccc(F)c(F)c1)Nc1nn(C(=O)OCCl)c2cc(C(F)(F)F)ccc12. The van der Waals surface area contributed by atoms with Crippen molar-refractivity contribution in [2.24, 2.45) is 4.99 Å². The number of rotatable bonds is 6. The van der Waals surface area contributed by atoms with E-state index in [1.165, 1.54) is 7.11 Å². The maximum atomic E-state index is 13.6. The summed E-state index contributed by atoms with van der Waals surface area (Å²) in [6, 6.07) is 3.85. The van der Waals surface area contributed by atoms with Crippen LogP contribution in [0, 0.1) is 11.6 Å². The van der Waals surface area contributed by atoms with Gasteiger partial charge in [0.05, 0.1) is 23.7 Å². The molecule has 3 aromatic rings. The Morgan fingerprint density at radius 1 is 1.16 bits per heavy atom. The molecule has 0 aliphatic heterocycles. The van der Waals surface area contributed by atoms with E-state index in [0.29, 0.717) is 16.8 Å². The Balaban J connectivity index is 2.04. The van der Waals surface area contributed by atoms with Gasteiger partial charge in [0.1, 0.15) is 0 Å². The molecule has 0 aliphatic carbocycles. The second kappa shape index (κ2) is 11.5. The van der Waals surface area contributed by atoms with Gasteiger partial charge >= 0.3 is 12.3 Å². The van der Waals surface area contributed by atoms with Crippen LogP contribution in [-0.2, 0) is 15.7 Å². The maximum absolute atomic E-state index is 13.6. The molecule has 0 spiro atoms. The molecule has 0 saturated carbocycles. The summed E-state index contributed by atoms with van der Waals surface area (Å²) in [4.78, 5) is 29.2. The molecule has 0 fully saturated rings. The standard InChI is InChI=1S/C22H19ClF5N5O4/c1-11(9-36-2)29-20(31-19(34)12-3-6-15(24)16(25)7-12)30-18-14-5-4-13(22(26,27)28)8-17(14)33(32-18)21(35)37-10-23/h3-8,11H,9-10H2,1-2H3,(H2,29,30,31,32,34). The average Bonchev–Trinajstić information content (AvgIpc) is 3.18. The van der Waals surface area contributed by atoms with Gasteiger partial charge < -0.3 is 14.8 Å². The van der Waals surface area contributed by atoms with E-state index in [2.05, 4.69) is 25.5 Å². The molecule has 0 saturated heterocycles. The Morgan fingerprint density at radius 2 is 1.89 bits per heavy atom. The highest BCUT2D eigenvalue weighted by Gasteiger charge is 2.32. The Morgan fingerprint density at radius 3 is 2.51 bits per heavy atom. The number of fused-ring (bicyclic) bond motifs is 1. The topological polar surface area (TPSA) is 107 Å². The molecule has 37 heavy (non-hydrogen) atoms. The highest BCUT2D eigenvalue weighted by molar-refractivity contribution is 6.17. The predicted octanol–water partition coefficient (Wildman–Crippen LogP) is 4.75. The van der Waals surface area contributed by atoms with Crippen LogP contribution in [0.2, 0.25) is 0 Å². The van der Waals surface area contributed by atoms with Gasteiger partial charge in [0.15, 0.2) is 23.5 Å². The third kappa shape index (κ3) is 6.71. The van der Waals surface area contributed by atoms with Crippen LogP contribution >= 0.6 is 11.6 Å². The number of carbonyl (C=O) groups excluding carboxylic acids is 2. The summed E-state index contributed by atoms with van der Waals surface area (Å²) in [5.41, 5.74) is -1.58. The zero-order valence-electron chi connectivity index (χ0n) is 19.2. The Labute approximate surface area is 211 Å². The lowest BCUT2D eigenvalue weighted by molar-refractivity contribution is -0.137. The summed E-state index contributed by atoms with van der Waals surface area (Å²) in [5.74, 6) is -3.74. The number of nitrogens with one attached hydrogen (secondary N) is 2. The quantitative estimate of drug-likeness (QED) is 0.200. The number of anilines is 1. The van der Waals surface area contributed by atoms with Gasteiger partial charge in [-0.25, -0.2) is 18.6 Å². The van der Waals surface area contributed by atoms with Crippen molar-refractivity contribution < 1.29 is 41.0 Å². The molecule has 0 aliphatic rings. The fraction of sp³-hybridized carbons (Fsp3) is 0.273. The summed E-state index contributed by atoms with van der Waals surface area (Å²) in [7, 11) is 1.41. The Bertz CT molecular complexity index is 1340. The molecule has 1 atom stereocenters. The van der Waals surface area contributed by atoms with Crippen LogP contribution < -0.4 is 10.6 Å². The van der Waals surface area contributed by atoms with Crippen molar-refractivity contribution in [3.8, 4) is 0 Å². The number of ether oxygens (including phenoxy) is 2. The molecule has 198 valence electrons. The van der Waals surface area contributed by atoms with Gasteiger partial charge in [-0.3, -0.25) is 10.1 Å². The van der Waals surface area contributed by atoms with E-state index in [1.807, 2.05) is 0 Å². The van der Waals surface area contributed by atoms with Crippen LogP contribution in [0.25, 0.3) is 10.9 Å². The number of guanidine groups is 1. The maximum Gasteiger partial charge on any atom is 0.436 e. The summed E-state index contributed by atoms with van der Waals surface area (Å²) >= 11 is 5.41. The summed E-state index contributed by atoms with van der Waals surface area (Å²) in [6.07, 6.45) is -5.88. The second-order valence-corrected chi connectivity index (χ2v) is 7.72. The normalized spacial score (nSPS) is 12.9. The summed E-state index contributed by atoms with van der Waals surface area (Å²) in [6.45, 7) is 1.73.